The maximum absolute atomic E-state index is 11.5. The van der Waals surface area contributed by atoms with Crippen LogP contribution >= 0.6 is 0 Å². The highest BCUT2D eigenvalue weighted by Crippen LogP contribution is 2.26. The van der Waals surface area contributed by atoms with Crippen molar-refractivity contribution in [2.45, 2.75) is 102 Å². The van der Waals surface area contributed by atoms with E-state index in [9.17, 15) is 9.90 Å². The minimum Gasteiger partial charge on any atom is -0.480 e. The fourth-order valence-corrected chi connectivity index (χ4v) is 4.13. The number of piperidine rings is 1. The summed E-state index contributed by atoms with van der Waals surface area (Å²) < 4.78 is 0. The zero-order valence-electron chi connectivity index (χ0n) is 13.6. The molecule has 0 radical (unpaired) electrons. The molecule has 1 heterocycles. The Kier molecular flexibility index (Phi) is 7.56. The van der Waals surface area contributed by atoms with E-state index in [-0.39, 0.29) is 6.04 Å². The topological polar surface area (TPSA) is 40.5 Å². The summed E-state index contributed by atoms with van der Waals surface area (Å²) in [6.45, 7) is 1.00. The first-order chi connectivity index (χ1) is 10.3. The van der Waals surface area contributed by atoms with Crippen molar-refractivity contribution in [3.05, 3.63) is 0 Å². The van der Waals surface area contributed by atoms with Gasteiger partial charge in [0.1, 0.15) is 6.04 Å². The molecule has 0 aromatic heterocycles. The predicted octanol–water partition coefficient (Wildman–Crippen LogP) is 4.60. The molecule has 21 heavy (non-hydrogen) atoms. The third-order valence-electron chi connectivity index (χ3n) is 5.37. The van der Waals surface area contributed by atoms with Crippen LogP contribution in [0.1, 0.15) is 89.9 Å². The first-order valence-corrected chi connectivity index (χ1v) is 9.27. The maximum Gasteiger partial charge on any atom is 0.320 e. The predicted molar refractivity (Wildman–Crippen MR) is 86.6 cm³/mol. The van der Waals surface area contributed by atoms with Gasteiger partial charge < -0.3 is 5.11 Å². The van der Waals surface area contributed by atoms with Crippen LogP contribution < -0.4 is 0 Å². The highest BCUT2D eigenvalue weighted by molar-refractivity contribution is 5.73. The summed E-state index contributed by atoms with van der Waals surface area (Å²) in [7, 11) is 0. The lowest BCUT2D eigenvalue weighted by atomic mass is 9.93. The van der Waals surface area contributed by atoms with E-state index in [1.165, 1.54) is 77.0 Å². The molecule has 0 bridgehead atoms. The molecule has 3 nitrogen and oxygen atoms in total. The van der Waals surface area contributed by atoms with E-state index in [1.54, 1.807) is 0 Å². The van der Waals surface area contributed by atoms with Gasteiger partial charge in [-0.15, -0.1) is 0 Å². The Morgan fingerprint density at radius 3 is 1.71 bits per heavy atom. The number of rotatable bonds is 2. The summed E-state index contributed by atoms with van der Waals surface area (Å²) in [5.74, 6) is -0.596. The number of nitrogens with zero attached hydrogens (tertiary/aromatic N) is 1. The molecule has 122 valence electrons. The normalized spacial score (nSPS) is 28.5. The first kappa shape index (κ1) is 16.8. The summed E-state index contributed by atoms with van der Waals surface area (Å²) in [4.78, 5) is 13.9. The summed E-state index contributed by atoms with van der Waals surface area (Å²) >= 11 is 0. The van der Waals surface area contributed by atoms with Crippen molar-refractivity contribution < 1.29 is 9.90 Å². The molecule has 2 rings (SSSR count). The lowest BCUT2D eigenvalue weighted by molar-refractivity contribution is -0.146. The van der Waals surface area contributed by atoms with Gasteiger partial charge in [0.05, 0.1) is 0 Å². The number of aliphatic carboxylic acids is 1. The Morgan fingerprint density at radius 1 is 0.714 bits per heavy atom. The van der Waals surface area contributed by atoms with Crippen molar-refractivity contribution in [3.63, 3.8) is 0 Å². The average molecular weight is 295 g/mol. The number of hydrogen-bond acceptors (Lipinski definition) is 2. The molecular formula is C18H33NO2. The molecular weight excluding hydrogens is 262 g/mol. The molecule has 2 fully saturated rings. The van der Waals surface area contributed by atoms with Crippen LogP contribution in [0, 0.1) is 0 Å². The molecule has 1 unspecified atom stereocenters. The molecule has 0 aromatic rings. The third kappa shape index (κ3) is 5.61. The van der Waals surface area contributed by atoms with E-state index in [1.807, 2.05) is 0 Å². The van der Waals surface area contributed by atoms with Crippen LogP contribution in [0.4, 0.5) is 0 Å². The van der Waals surface area contributed by atoms with Crippen molar-refractivity contribution >= 4 is 5.97 Å². The van der Waals surface area contributed by atoms with E-state index in [0.717, 1.165) is 19.4 Å². The molecule has 0 amide bonds. The van der Waals surface area contributed by atoms with Gasteiger partial charge >= 0.3 is 5.97 Å². The standard InChI is InChI=1S/C18H33NO2/c20-18(21)17-14-10-11-15-19(17)16-12-8-6-4-2-1-3-5-7-9-13-16/h16-17H,1-15H2,(H,20,21). The van der Waals surface area contributed by atoms with Gasteiger partial charge in [-0.05, 0) is 32.2 Å². The Labute approximate surface area is 130 Å². The first-order valence-electron chi connectivity index (χ1n) is 9.27. The monoisotopic (exact) mass is 295 g/mol. The third-order valence-corrected chi connectivity index (χ3v) is 5.37. The largest absolute Gasteiger partial charge is 0.480 e. The quantitative estimate of drug-likeness (QED) is 0.809. The summed E-state index contributed by atoms with van der Waals surface area (Å²) in [5.41, 5.74) is 0. The number of carboxylic acid groups (broad SMARTS) is 1. The van der Waals surface area contributed by atoms with Gasteiger partial charge in [0.25, 0.3) is 0 Å². The zero-order valence-corrected chi connectivity index (χ0v) is 13.6. The molecule has 1 aliphatic heterocycles. The SMILES string of the molecule is O=C(O)C1CCCCN1C1CCCCCCCCCCC1. The Hall–Kier alpha value is -0.570. The summed E-state index contributed by atoms with van der Waals surface area (Å²) in [6.07, 6.45) is 17.7. The second-order valence-corrected chi connectivity index (χ2v) is 7.00. The van der Waals surface area contributed by atoms with Crippen molar-refractivity contribution in [3.8, 4) is 0 Å². The molecule has 1 atom stereocenters. The molecule has 1 N–H and O–H groups in total. The molecule has 1 saturated carbocycles. The van der Waals surface area contributed by atoms with Crippen molar-refractivity contribution in [2.24, 2.45) is 0 Å². The lowest BCUT2D eigenvalue weighted by Gasteiger charge is -2.39. The Morgan fingerprint density at radius 2 is 1.19 bits per heavy atom. The molecule has 3 heteroatoms. The van der Waals surface area contributed by atoms with Gasteiger partial charge in [-0.3, -0.25) is 9.69 Å². The molecule has 2 aliphatic rings. The Bertz CT molecular complexity index is 294. The number of carboxylic acids is 1. The number of carbonyl (C=O) groups is 1. The molecule has 1 aliphatic carbocycles. The van der Waals surface area contributed by atoms with E-state index in [4.69, 9.17) is 0 Å². The van der Waals surface area contributed by atoms with Crippen LogP contribution in [0.2, 0.25) is 0 Å². The average Bonchev–Trinajstić information content (AvgIpc) is 2.48. The molecule has 0 aromatic carbocycles. The Balaban J connectivity index is 1.92. The van der Waals surface area contributed by atoms with Gasteiger partial charge in [0, 0.05) is 6.04 Å². The van der Waals surface area contributed by atoms with Crippen LogP contribution in [0.3, 0.4) is 0 Å². The number of likely N-dealkylation sites (tertiary alicyclic amines) is 1. The zero-order chi connectivity index (χ0) is 14.9. The number of hydrogen-bond donors (Lipinski definition) is 1. The van der Waals surface area contributed by atoms with Gasteiger partial charge in [0.2, 0.25) is 0 Å². The smallest absolute Gasteiger partial charge is 0.320 e. The molecule has 1 saturated heterocycles. The fraction of sp³-hybridized carbons (Fsp3) is 0.944. The van der Waals surface area contributed by atoms with E-state index >= 15 is 0 Å². The highest BCUT2D eigenvalue weighted by atomic mass is 16.4. The van der Waals surface area contributed by atoms with E-state index in [2.05, 4.69) is 4.90 Å². The minimum atomic E-state index is -0.596. The fourth-order valence-electron chi connectivity index (χ4n) is 4.13. The molecule has 0 spiro atoms. The van der Waals surface area contributed by atoms with E-state index in [0.29, 0.717) is 6.04 Å². The van der Waals surface area contributed by atoms with Crippen LogP contribution in [0.5, 0.6) is 0 Å². The summed E-state index contributed by atoms with van der Waals surface area (Å²) in [6, 6.07) is 0.308. The van der Waals surface area contributed by atoms with Gasteiger partial charge in [-0.1, -0.05) is 64.2 Å². The van der Waals surface area contributed by atoms with Crippen LogP contribution in [0.15, 0.2) is 0 Å². The minimum absolute atomic E-state index is 0.211. The summed E-state index contributed by atoms with van der Waals surface area (Å²) in [5, 5.41) is 9.51. The van der Waals surface area contributed by atoms with Gasteiger partial charge in [-0.25, -0.2) is 0 Å². The van der Waals surface area contributed by atoms with Crippen molar-refractivity contribution in [1.29, 1.82) is 0 Å². The van der Waals surface area contributed by atoms with Crippen LogP contribution in [-0.2, 0) is 4.79 Å². The van der Waals surface area contributed by atoms with E-state index < -0.39 is 5.97 Å². The lowest BCUT2D eigenvalue weighted by Crippen LogP contribution is -2.50. The maximum atomic E-state index is 11.5. The van der Waals surface area contributed by atoms with Crippen LogP contribution in [0.25, 0.3) is 0 Å². The van der Waals surface area contributed by atoms with Gasteiger partial charge in [0.15, 0.2) is 0 Å². The highest BCUT2D eigenvalue weighted by Gasteiger charge is 2.32. The van der Waals surface area contributed by atoms with Crippen molar-refractivity contribution in [2.75, 3.05) is 6.54 Å². The van der Waals surface area contributed by atoms with Gasteiger partial charge in [-0.2, -0.15) is 0 Å². The second-order valence-electron chi connectivity index (χ2n) is 7.00. The second kappa shape index (κ2) is 9.45. The van der Waals surface area contributed by atoms with Crippen molar-refractivity contribution in [1.82, 2.24) is 4.90 Å². The van der Waals surface area contributed by atoms with Crippen LogP contribution in [-0.4, -0.2) is 34.6 Å².